The summed E-state index contributed by atoms with van der Waals surface area (Å²) in [6.07, 6.45) is 1.03. The third-order valence-electron chi connectivity index (χ3n) is 6.35. The lowest BCUT2D eigenvalue weighted by molar-refractivity contribution is -0.117. The molecule has 0 fully saturated rings. The minimum Gasteiger partial charge on any atom is -0.352 e. The molecule has 3 aromatic carbocycles. The van der Waals surface area contributed by atoms with Crippen LogP contribution >= 0.6 is 0 Å². The number of hydrogen-bond donors (Lipinski definition) is 2. The van der Waals surface area contributed by atoms with E-state index in [0.29, 0.717) is 35.9 Å². The largest absolute Gasteiger partial charge is 0.352 e. The molecule has 8 nitrogen and oxygen atoms in total. The Hall–Kier alpha value is -4.50. The molecule has 0 bridgehead atoms. The Morgan fingerprint density at radius 3 is 2.24 bits per heavy atom. The minimum atomic E-state index is -4.15. The summed E-state index contributed by atoms with van der Waals surface area (Å²) in [6.45, 7) is 6.47. The number of carbonyl (C=O) groups is 2. The highest BCUT2D eigenvalue weighted by molar-refractivity contribution is 7.90. The van der Waals surface area contributed by atoms with Crippen molar-refractivity contribution in [2.45, 2.75) is 45.1 Å². The van der Waals surface area contributed by atoms with Crippen LogP contribution in [0.25, 0.3) is 11.3 Å². The van der Waals surface area contributed by atoms with Crippen LogP contribution in [0.15, 0.2) is 95.9 Å². The molecule has 0 aliphatic rings. The second-order valence-electron chi connectivity index (χ2n) is 9.87. The zero-order valence-corrected chi connectivity index (χ0v) is 24.2. The van der Waals surface area contributed by atoms with Gasteiger partial charge in [-0.25, -0.2) is 18.1 Å². The number of nitrogens with zero attached hydrogens (tertiary/aromatic N) is 2. The number of carbonyl (C=O) groups excluding carboxylic acids is 2. The van der Waals surface area contributed by atoms with Crippen molar-refractivity contribution in [2.75, 3.05) is 16.8 Å². The molecule has 1 aromatic heterocycles. The van der Waals surface area contributed by atoms with Gasteiger partial charge in [-0.05, 0) is 36.6 Å². The molecular weight excluding hydrogens is 536 g/mol. The summed E-state index contributed by atoms with van der Waals surface area (Å²) < 4.78 is 28.1. The molecule has 1 heterocycles. The molecule has 0 spiro atoms. The van der Waals surface area contributed by atoms with Gasteiger partial charge in [-0.2, -0.15) is 0 Å². The van der Waals surface area contributed by atoms with Crippen molar-refractivity contribution in [1.82, 2.24) is 9.71 Å². The van der Waals surface area contributed by atoms with Crippen LogP contribution in [-0.4, -0.2) is 31.8 Å². The molecule has 9 heteroatoms. The lowest BCUT2D eigenvalue weighted by Gasteiger charge is -2.25. The second kappa shape index (κ2) is 13.2. The summed E-state index contributed by atoms with van der Waals surface area (Å²) in [5, 5.41) is 2.98. The Balaban J connectivity index is 1.78. The van der Waals surface area contributed by atoms with Gasteiger partial charge in [0.2, 0.25) is 11.8 Å². The van der Waals surface area contributed by atoms with Crippen molar-refractivity contribution in [3.63, 3.8) is 0 Å². The predicted octanol–water partition coefficient (Wildman–Crippen LogP) is 5.48. The van der Waals surface area contributed by atoms with Gasteiger partial charge in [0, 0.05) is 37.3 Å². The standard InChI is InChI=1S/C32H34N4O4S/c1-4-18-36(22-26-10-6-5-7-11-26)31-21-27(33-32(38)19-25-16-14-23(2)15-17-25)20-29(34-31)28-12-8-9-13-30(28)41(39,40)35-24(3)37/h5-17,20-21H,4,18-19,22H2,1-3H3,(H,35,37)(H,33,34,38). The van der Waals surface area contributed by atoms with Gasteiger partial charge in [0.15, 0.2) is 0 Å². The molecular formula is C32H34N4O4S. The van der Waals surface area contributed by atoms with E-state index in [1.165, 1.54) is 6.07 Å². The molecule has 0 radical (unpaired) electrons. The molecule has 0 aliphatic heterocycles. The summed E-state index contributed by atoms with van der Waals surface area (Å²) in [5.74, 6) is -0.311. The zero-order chi connectivity index (χ0) is 29.4. The van der Waals surface area contributed by atoms with Gasteiger partial charge >= 0.3 is 0 Å². The van der Waals surface area contributed by atoms with Crippen LogP contribution in [0.5, 0.6) is 0 Å². The molecule has 2 amide bonds. The third-order valence-corrected chi connectivity index (χ3v) is 7.84. The highest BCUT2D eigenvalue weighted by Gasteiger charge is 2.22. The zero-order valence-electron chi connectivity index (χ0n) is 23.4. The monoisotopic (exact) mass is 570 g/mol. The van der Waals surface area contributed by atoms with Crippen molar-refractivity contribution < 1.29 is 18.0 Å². The average molecular weight is 571 g/mol. The SMILES string of the molecule is CCCN(Cc1ccccc1)c1cc(NC(=O)Cc2ccc(C)cc2)cc(-c2ccccc2S(=O)(=O)NC(C)=O)n1. The van der Waals surface area contributed by atoms with Gasteiger partial charge in [0.25, 0.3) is 10.0 Å². The number of amides is 2. The predicted molar refractivity (Wildman–Crippen MR) is 162 cm³/mol. The van der Waals surface area contributed by atoms with Crippen molar-refractivity contribution in [3.05, 3.63) is 108 Å². The van der Waals surface area contributed by atoms with Gasteiger partial charge in [-0.3, -0.25) is 9.59 Å². The summed E-state index contributed by atoms with van der Waals surface area (Å²) in [5.41, 5.74) is 4.24. The Bertz CT molecular complexity index is 1620. The lowest BCUT2D eigenvalue weighted by atomic mass is 10.1. The third kappa shape index (κ3) is 8.02. The molecule has 41 heavy (non-hydrogen) atoms. The van der Waals surface area contributed by atoms with Crippen LogP contribution < -0.4 is 14.9 Å². The number of hydrogen-bond acceptors (Lipinski definition) is 6. The number of anilines is 2. The van der Waals surface area contributed by atoms with E-state index in [1.807, 2.05) is 66.2 Å². The second-order valence-corrected chi connectivity index (χ2v) is 11.5. The van der Waals surface area contributed by atoms with Gasteiger partial charge in [-0.15, -0.1) is 0 Å². The molecule has 0 saturated carbocycles. The number of pyridine rings is 1. The van der Waals surface area contributed by atoms with Gasteiger partial charge < -0.3 is 10.2 Å². The summed E-state index contributed by atoms with van der Waals surface area (Å²) in [7, 11) is -4.15. The summed E-state index contributed by atoms with van der Waals surface area (Å²) in [6, 6.07) is 27.6. The molecule has 4 rings (SSSR count). The number of benzene rings is 3. The van der Waals surface area contributed by atoms with Crippen LogP contribution in [0.3, 0.4) is 0 Å². The van der Waals surface area contributed by atoms with Crippen LogP contribution in [0.4, 0.5) is 11.5 Å². The van der Waals surface area contributed by atoms with E-state index in [4.69, 9.17) is 4.98 Å². The quantitative estimate of drug-likeness (QED) is 0.247. The number of aromatic nitrogens is 1. The number of sulfonamides is 1. The average Bonchev–Trinajstić information content (AvgIpc) is 2.94. The Morgan fingerprint density at radius 2 is 1.56 bits per heavy atom. The van der Waals surface area contributed by atoms with E-state index >= 15 is 0 Å². The first kappa shape index (κ1) is 29.5. The van der Waals surface area contributed by atoms with Crippen molar-refractivity contribution in [1.29, 1.82) is 0 Å². The molecule has 0 unspecified atom stereocenters. The molecule has 0 aliphatic carbocycles. The van der Waals surface area contributed by atoms with Crippen molar-refractivity contribution >= 4 is 33.3 Å². The maximum absolute atomic E-state index is 13.1. The summed E-state index contributed by atoms with van der Waals surface area (Å²) in [4.78, 5) is 31.6. The molecule has 0 atom stereocenters. The lowest BCUT2D eigenvalue weighted by Crippen LogP contribution is -2.28. The van der Waals surface area contributed by atoms with E-state index in [1.54, 1.807) is 30.3 Å². The van der Waals surface area contributed by atoms with Crippen LogP contribution in [0.2, 0.25) is 0 Å². The Morgan fingerprint density at radius 1 is 0.878 bits per heavy atom. The van der Waals surface area contributed by atoms with E-state index in [9.17, 15) is 18.0 Å². The summed E-state index contributed by atoms with van der Waals surface area (Å²) >= 11 is 0. The van der Waals surface area contributed by atoms with Crippen LogP contribution in [-0.2, 0) is 32.6 Å². The number of rotatable bonds is 11. The van der Waals surface area contributed by atoms with Crippen molar-refractivity contribution in [3.8, 4) is 11.3 Å². The Labute approximate surface area is 241 Å². The van der Waals surface area contributed by atoms with Gasteiger partial charge in [0.1, 0.15) is 5.82 Å². The smallest absolute Gasteiger partial charge is 0.264 e. The van der Waals surface area contributed by atoms with E-state index in [-0.39, 0.29) is 17.2 Å². The molecule has 0 saturated heterocycles. The fourth-order valence-electron chi connectivity index (χ4n) is 4.49. The van der Waals surface area contributed by atoms with E-state index in [0.717, 1.165) is 30.0 Å². The normalized spacial score (nSPS) is 11.1. The maximum Gasteiger partial charge on any atom is 0.264 e. The first-order chi connectivity index (χ1) is 19.6. The number of aryl methyl sites for hydroxylation is 1. The maximum atomic E-state index is 13.1. The fraction of sp³-hybridized carbons (Fsp3) is 0.219. The van der Waals surface area contributed by atoms with E-state index in [2.05, 4.69) is 17.1 Å². The first-order valence-corrected chi connectivity index (χ1v) is 14.9. The fourth-order valence-corrected chi connectivity index (χ4v) is 5.70. The molecule has 4 aromatic rings. The van der Waals surface area contributed by atoms with Gasteiger partial charge in [0.05, 0.1) is 17.0 Å². The first-order valence-electron chi connectivity index (χ1n) is 13.4. The molecule has 2 N–H and O–H groups in total. The van der Waals surface area contributed by atoms with Crippen LogP contribution in [0, 0.1) is 6.92 Å². The van der Waals surface area contributed by atoms with E-state index < -0.39 is 15.9 Å². The minimum absolute atomic E-state index is 0.0816. The van der Waals surface area contributed by atoms with Crippen molar-refractivity contribution in [2.24, 2.45) is 0 Å². The number of nitrogens with one attached hydrogen (secondary N) is 2. The van der Waals surface area contributed by atoms with Crippen LogP contribution in [0.1, 0.15) is 37.0 Å². The highest BCUT2D eigenvalue weighted by atomic mass is 32.2. The van der Waals surface area contributed by atoms with Gasteiger partial charge in [-0.1, -0.05) is 85.3 Å². The highest BCUT2D eigenvalue weighted by Crippen LogP contribution is 2.31. The molecule has 212 valence electrons. The Kier molecular flexibility index (Phi) is 9.52. The topological polar surface area (TPSA) is 108 Å².